The van der Waals surface area contributed by atoms with Crippen molar-refractivity contribution >= 4 is 20.3 Å². The van der Waals surface area contributed by atoms with Gasteiger partial charge in [-0.25, -0.2) is 9.59 Å². The maximum atomic E-state index is 11.8. The summed E-state index contributed by atoms with van der Waals surface area (Å²) < 4.78 is 38.9. The van der Waals surface area contributed by atoms with Crippen molar-refractivity contribution in [1.82, 2.24) is 0 Å². The second-order valence-electron chi connectivity index (χ2n) is 11.5. The predicted molar refractivity (Wildman–Crippen MR) is 121 cm³/mol. The molecule has 4 fully saturated rings. The summed E-state index contributed by atoms with van der Waals surface area (Å²) in [6, 6.07) is 0. The van der Waals surface area contributed by atoms with Crippen LogP contribution in [-0.4, -0.2) is 75.1 Å². The summed E-state index contributed by atoms with van der Waals surface area (Å²) in [7, 11) is -1.86. The first-order valence-corrected chi connectivity index (χ1v) is 14.6. The number of fused-ring (bicyclic) bond motifs is 2. The number of cyclic esters (lactones) is 2. The van der Waals surface area contributed by atoms with Gasteiger partial charge in [-0.15, -0.1) is 0 Å². The van der Waals surface area contributed by atoms with E-state index >= 15 is 0 Å². The monoisotopic (exact) mass is 488 g/mol. The van der Waals surface area contributed by atoms with Crippen molar-refractivity contribution in [3.63, 3.8) is 0 Å². The Labute approximate surface area is 197 Å². The van der Waals surface area contributed by atoms with Gasteiger partial charge in [-0.2, -0.15) is 0 Å². The summed E-state index contributed by atoms with van der Waals surface area (Å²) in [5, 5.41) is 0.126. The van der Waals surface area contributed by atoms with E-state index in [1.165, 1.54) is 0 Å². The molecule has 0 radical (unpaired) electrons. The van der Waals surface area contributed by atoms with Gasteiger partial charge in [0.1, 0.15) is 18.3 Å². The average molecular weight is 489 g/mol. The predicted octanol–water partition coefficient (Wildman–Crippen LogP) is 3.30. The Morgan fingerprint density at radius 2 is 1.24 bits per heavy atom. The summed E-state index contributed by atoms with van der Waals surface area (Å²) in [6.45, 7) is 20.5. The van der Waals surface area contributed by atoms with Crippen LogP contribution in [0.1, 0.15) is 61.8 Å². The molecule has 0 aliphatic carbocycles. The van der Waals surface area contributed by atoms with E-state index in [0.717, 1.165) is 6.42 Å². The molecule has 33 heavy (non-hydrogen) atoms. The van der Waals surface area contributed by atoms with E-state index in [1.54, 1.807) is 0 Å². The fourth-order valence-electron chi connectivity index (χ4n) is 4.00. The van der Waals surface area contributed by atoms with Crippen LogP contribution < -0.4 is 0 Å². The molecular weight excluding hydrogens is 448 g/mol. The van der Waals surface area contributed by atoms with Gasteiger partial charge in [0, 0.05) is 0 Å². The Bertz CT molecular complexity index is 758. The fourth-order valence-corrected chi connectivity index (χ4v) is 5.02. The first-order valence-electron chi connectivity index (χ1n) is 11.7. The number of hydrogen-bond acceptors (Lipinski definition) is 9. The highest BCUT2D eigenvalue weighted by atomic mass is 28.4. The second-order valence-corrected chi connectivity index (χ2v) is 16.3. The topological polar surface area (TPSA) is 98.8 Å². The molecule has 4 heterocycles. The summed E-state index contributed by atoms with van der Waals surface area (Å²) in [6.07, 6.45) is -1.44. The molecule has 9 nitrogen and oxygen atoms in total. The lowest BCUT2D eigenvalue weighted by atomic mass is 10.1. The van der Waals surface area contributed by atoms with E-state index in [2.05, 4.69) is 33.9 Å². The van der Waals surface area contributed by atoms with Crippen molar-refractivity contribution in [3.05, 3.63) is 0 Å². The molecule has 0 aromatic heterocycles. The third kappa shape index (κ3) is 5.62. The summed E-state index contributed by atoms with van der Waals surface area (Å²) in [4.78, 5) is 23.1. The molecule has 0 aromatic rings. The highest BCUT2D eigenvalue weighted by Crippen LogP contribution is 2.40. The molecule has 190 valence electrons. The largest absolute Gasteiger partial charge is 0.457 e. The van der Waals surface area contributed by atoms with Crippen LogP contribution in [0.5, 0.6) is 0 Å². The fraction of sp³-hybridized carbons (Fsp3) is 0.913. The van der Waals surface area contributed by atoms with E-state index < -0.39 is 32.1 Å². The Morgan fingerprint density at radius 1 is 0.818 bits per heavy atom. The van der Waals surface area contributed by atoms with Crippen LogP contribution in [0.3, 0.4) is 0 Å². The van der Waals surface area contributed by atoms with Crippen LogP contribution >= 0.6 is 0 Å². The minimum absolute atomic E-state index is 0.126. The van der Waals surface area contributed by atoms with E-state index in [9.17, 15) is 9.59 Å². The van der Waals surface area contributed by atoms with Crippen molar-refractivity contribution in [2.45, 2.75) is 128 Å². The molecule has 0 unspecified atom stereocenters. The molecule has 4 aliphatic rings. The molecule has 4 rings (SSSR count). The van der Waals surface area contributed by atoms with Crippen LogP contribution in [0.15, 0.2) is 0 Å². The second kappa shape index (κ2) is 8.87. The molecule has 0 amide bonds. The minimum atomic E-state index is -1.86. The van der Waals surface area contributed by atoms with Gasteiger partial charge in [-0.3, -0.25) is 0 Å². The highest BCUT2D eigenvalue weighted by molar-refractivity contribution is 6.74. The number of esters is 2. The van der Waals surface area contributed by atoms with E-state index in [4.69, 9.17) is 32.8 Å². The lowest BCUT2D eigenvalue weighted by Crippen LogP contribution is -2.44. The minimum Gasteiger partial charge on any atom is -0.457 e. The Hall–Kier alpha value is -1.04. The van der Waals surface area contributed by atoms with Crippen molar-refractivity contribution in [3.8, 4) is 0 Å². The third-order valence-electron chi connectivity index (χ3n) is 6.81. The van der Waals surface area contributed by atoms with E-state index in [0.29, 0.717) is 6.61 Å². The molecule has 0 aromatic carbocycles. The summed E-state index contributed by atoms with van der Waals surface area (Å²) in [5.74, 6) is -2.02. The number of carbonyl (C=O) groups excluding carboxylic acids is 2. The zero-order chi connectivity index (χ0) is 25.0. The average Bonchev–Trinajstić information content (AvgIpc) is 3.33. The zero-order valence-corrected chi connectivity index (χ0v) is 22.6. The SMILES string of the molecule is CC1(C)O[C@@H]2[C@H](CO[Si](C)(C)C(C)(C)C)OC(=O)[C@@H]2O1.CC[C@@H]1OC(=O)[C@@H]2OC(C)(C)O[C@H]12. The Kier molecular flexibility index (Phi) is 7.14. The first-order chi connectivity index (χ1) is 15.0. The standard InChI is InChI=1S/C14H26O5Si.C9H14O4/c1-13(2,3)20(6,7)16-8-9-10-11(12(15)17-9)19-14(4,5)18-10;1-4-5-6-7(8(10)11-5)13-9(2,3)12-6/h9-11H,8H2,1-7H3;5-7H,4H2,1-3H3/t9-,10+,11+;5-,6+,7+/m00/s1. The maximum Gasteiger partial charge on any atom is 0.338 e. The van der Waals surface area contributed by atoms with Crippen LogP contribution in [0.4, 0.5) is 0 Å². The maximum absolute atomic E-state index is 11.8. The molecule has 4 saturated heterocycles. The van der Waals surface area contributed by atoms with Crippen LogP contribution in [-0.2, 0) is 42.4 Å². The lowest BCUT2D eigenvalue weighted by Gasteiger charge is -2.37. The van der Waals surface area contributed by atoms with Crippen LogP contribution in [0, 0.1) is 0 Å². The summed E-state index contributed by atoms with van der Waals surface area (Å²) in [5.41, 5.74) is 0. The van der Waals surface area contributed by atoms with Gasteiger partial charge < -0.3 is 32.8 Å². The van der Waals surface area contributed by atoms with Crippen molar-refractivity contribution < 1.29 is 42.4 Å². The van der Waals surface area contributed by atoms with Crippen LogP contribution in [0.2, 0.25) is 18.1 Å². The molecule has 0 bridgehead atoms. The first kappa shape index (κ1) is 26.6. The van der Waals surface area contributed by atoms with Crippen molar-refractivity contribution in [2.24, 2.45) is 0 Å². The van der Waals surface area contributed by atoms with E-state index in [1.807, 2.05) is 34.6 Å². The summed E-state index contributed by atoms with van der Waals surface area (Å²) >= 11 is 0. The number of ether oxygens (including phenoxy) is 6. The number of carbonyl (C=O) groups is 2. The van der Waals surface area contributed by atoms with Crippen molar-refractivity contribution in [2.75, 3.05) is 6.61 Å². The van der Waals surface area contributed by atoms with Gasteiger partial charge in [0.15, 0.2) is 38.2 Å². The smallest absolute Gasteiger partial charge is 0.338 e. The highest BCUT2D eigenvalue weighted by Gasteiger charge is 2.57. The van der Waals surface area contributed by atoms with Gasteiger partial charge in [0.05, 0.1) is 6.61 Å². The van der Waals surface area contributed by atoms with Gasteiger partial charge in [0.2, 0.25) is 0 Å². The Balaban J connectivity index is 0.000000203. The van der Waals surface area contributed by atoms with Crippen molar-refractivity contribution in [1.29, 1.82) is 0 Å². The van der Waals surface area contributed by atoms with Gasteiger partial charge in [-0.05, 0) is 52.2 Å². The normalized spacial score (nSPS) is 36.5. The Morgan fingerprint density at radius 3 is 1.67 bits per heavy atom. The van der Waals surface area contributed by atoms with Crippen LogP contribution in [0.25, 0.3) is 0 Å². The zero-order valence-electron chi connectivity index (χ0n) is 21.6. The number of rotatable bonds is 4. The number of hydrogen-bond donors (Lipinski definition) is 0. The molecule has 6 atom stereocenters. The van der Waals surface area contributed by atoms with Gasteiger partial charge in [-0.1, -0.05) is 27.7 Å². The van der Waals surface area contributed by atoms with Gasteiger partial charge in [0.25, 0.3) is 0 Å². The van der Waals surface area contributed by atoms with Gasteiger partial charge >= 0.3 is 11.9 Å². The third-order valence-corrected chi connectivity index (χ3v) is 11.3. The molecular formula is C23H40O9Si. The molecule has 10 heteroatoms. The molecule has 4 aliphatic heterocycles. The lowest BCUT2D eigenvalue weighted by molar-refractivity contribution is -0.188. The quantitative estimate of drug-likeness (QED) is 0.436. The molecule has 0 saturated carbocycles. The van der Waals surface area contributed by atoms with E-state index in [-0.39, 0.29) is 41.4 Å². The molecule has 0 spiro atoms. The molecule has 0 N–H and O–H groups in total.